The van der Waals surface area contributed by atoms with Gasteiger partial charge in [0.15, 0.2) is 0 Å². The van der Waals surface area contributed by atoms with Gasteiger partial charge in [-0.05, 0) is 12.1 Å². The van der Waals surface area contributed by atoms with Crippen molar-refractivity contribution in [1.82, 2.24) is 0 Å². The molecule has 0 amide bonds. The summed E-state index contributed by atoms with van der Waals surface area (Å²) in [4.78, 5) is 0. The van der Waals surface area contributed by atoms with Crippen LogP contribution in [0.3, 0.4) is 0 Å². The number of hydrogen-bond donors (Lipinski definition) is 0. The summed E-state index contributed by atoms with van der Waals surface area (Å²) in [6.07, 6.45) is 1.41. The Labute approximate surface area is 59.9 Å². The average molecular weight is 132 g/mol. The van der Waals surface area contributed by atoms with Crippen LogP contribution in [0.2, 0.25) is 0 Å². The number of benzene rings is 1. The van der Waals surface area contributed by atoms with Crippen molar-refractivity contribution in [2.75, 3.05) is 0 Å². The van der Waals surface area contributed by atoms with Gasteiger partial charge in [0, 0.05) is 6.20 Å². The Bertz CT molecular complexity index is 226. The lowest BCUT2D eigenvalue weighted by atomic mass is 10.3. The van der Waals surface area contributed by atoms with Crippen molar-refractivity contribution in [3.63, 3.8) is 0 Å². The highest BCUT2D eigenvalue weighted by Crippen LogP contribution is 2.09. The quantitative estimate of drug-likeness (QED) is 0.553. The van der Waals surface area contributed by atoms with Gasteiger partial charge >= 0.3 is 0 Å². The maximum Gasteiger partial charge on any atom is 0.0856 e. The Morgan fingerprint density at radius 1 is 1.20 bits per heavy atom. The summed E-state index contributed by atoms with van der Waals surface area (Å²) in [5.74, 6) is 0. The predicted octanol–water partition coefficient (Wildman–Crippen LogP) is 2.91. The average Bonchev–Trinajstić information content (AvgIpc) is 2.03. The van der Waals surface area contributed by atoms with Crippen molar-refractivity contribution in [2.24, 2.45) is 10.2 Å². The summed E-state index contributed by atoms with van der Waals surface area (Å²) >= 11 is 0. The van der Waals surface area contributed by atoms with Gasteiger partial charge in [0.05, 0.1) is 5.69 Å². The van der Waals surface area contributed by atoms with E-state index in [0.717, 1.165) is 5.69 Å². The lowest BCUT2D eigenvalue weighted by molar-refractivity contribution is 1.23. The minimum atomic E-state index is 0.849. The largest absolute Gasteiger partial charge is 0.159 e. The van der Waals surface area contributed by atoms with E-state index >= 15 is 0 Å². The Morgan fingerprint density at radius 2 is 1.90 bits per heavy atom. The summed E-state index contributed by atoms with van der Waals surface area (Å²) in [6, 6.07) is 9.53. The molecule has 1 aromatic rings. The van der Waals surface area contributed by atoms with Crippen LogP contribution in [0.5, 0.6) is 0 Å². The molecule has 0 atom stereocenters. The molecule has 0 aliphatic rings. The first-order chi connectivity index (χ1) is 4.93. The maximum absolute atomic E-state index is 3.83. The third-order valence-corrected chi connectivity index (χ3v) is 1.01. The van der Waals surface area contributed by atoms with Gasteiger partial charge in [-0.1, -0.05) is 24.8 Å². The molecule has 50 valence electrons. The van der Waals surface area contributed by atoms with Gasteiger partial charge in [0.25, 0.3) is 0 Å². The monoisotopic (exact) mass is 132 g/mol. The van der Waals surface area contributed by atoms with E-state index in [0.29, 0.717) is 0 Å². The fourth-order valence-corrected chi connectivity index (χ4v) is 0.602. The molecule has 0 spiro atoms. The number of azo groups is 1. The van der Waals surface area contributed by atoms with Crippen molar-refractivity contribution < 1.29 is 0 Å². The molecule has 0 bridgehead atoms. The highest BCUT2D eigenvalue weighted by molar-refractivity contribution is 5.34. The van der Waals surface area contributed by atoms with Gasteiger partial charge in [-0.15, -0.1) is 0 Å². The molecule has 0 heterocycles. The van der Waals surface area contributed by atoms with Crippen LogP contribution in [0.1, 0.15) is 0 Å². The molecule has 0 aromatic heterocycles. The molecule has 0 saturated carbocycles. The molecule has 0 saturated heterocycles. The molecule has 2 nitrogen and oxygen atoms in total. The van der Waals surface area contributed by atoms with E-state index in [4.69, 9.17) is 0 Å². The van der Waals surface area contributed by atoms with Crippen LogP contribution >= 0.6 is 0 Å². The normalized spacial score (nSPS) is 10.0. The fraction of sp³-hybridized carbons (Fsp3) is 0. The Balaban J connectivity index is 2.76. The van der Waals surface area contributed by atoms with Gasteiger partial charge < -0.3 is 0 Å². The highest BCUT2D eigenvalue weighted by Gasteiger charge is 1.80. The lowest BCUT2D eigenvalue weighted by Gasteiger charge is -1.85. The zero-order chi connectivity index (χ0) is 7.23. The van der Waals surface area contributed by atoms with Crippen molar-refractivity contribution in [1.29, 1.82) is 0 Å². The second-order valence-corrected chi connectivity index (χ2v) is 1.73. The van der Waals surface area contributed by atoms with Gasteiger partial charge in [-0.2, -0.15) is 10.2 Å². The summed E-state index contributed by atoms with van der Waals surface area (Å²) in [6.45, 7) is 3.42. The smallest absolute Gasteiger partial charge is 0.0856 e. The molecule has 0 N–H and O–H groups in total. The second-order valence-electron chi connectivity index (χ2n) is 1.73. The Hall–Kier alpha value is -1.44. The lowest BCUT2D eigenvalue weighted by Crippen LogP contribution is -1.58. The van der Waals surface area contributed by atoms with E-state index in [-0.39, 0.29) is 0 Å². The number of rotatable bonds is 2. The van der Waals surface area contributed by atoms with E-state index in [1.165, 1.54) is 6.20 Å². The molecule has 1 aromatic carbocycles. The van der Waals surface area contributed by atoms with Crippen LogP contribution < -0.4 is 0 Å². The van der Waals surface area contributed by atoms with Gasteiger partial charge in [0.1, 0.15) is 0 Å². The molecule has 2 heteroatoms. The second kappa shape index (κ2) is 3.56. The van der Waals surface area contributed by atoms with E-state index in [9.17, 15) is 0 Å². The molecule has 0 aliphatic heterocycles. The summed E-state index contributed by atoms with van der Waals surface area (Å²) in [7, 11) is 0. The van der Waals surface area contributed by atoms with Crippen molar-refractivity contribution in [3.05, 3.63) is 43.1 Å². The van der Waals surface area contributed by atoms with Crippen LogP contribution in [0, 0.1) is 0 Å². The predicted molar refractivity (Wildman–Crippen MR) is 41.2 cm³/mol. The zero-order valence-corrected chi connectivity index (χ0v) is 5.57. The molecule has 0 unspecified atom stereocenters. The topological polar surface area (TPSA) is 24.7 Å². The SMILES string of the molecule is C=C/N=N/c1ccccc1. The van der Waals surface area contributed by atoms with E-state index < -0.39 is 0 Å². The molecule has 1 rings (SSSR count). The zero-order valence-electron chi connectivity index (χ0n) is 5.57. The van der Waals surface area contributed by atoms with Crippen molar-refractivity contribution in [2.45, 2.75) is 0 Å². The van der Waals surface area contributed by atoms with Crippen LogP contribution in [0.15, 0.2) is 53.3 Å². The first-order valence-electron chi connectivity index (χ1n) is 3.00. The molecule has 0 aliphatic carbocycles. The van der Waals surface area contributed by atoms with Crippen molar-refractivity contribution >= 4 is 5.69 Å². The number of hydrogen-bond acceptors (Lipinski definition) is 2. The van der Waals surface area contributed by atoms with Crippen molar-refractivity contribution in [3.8, 4) is 0 Å². The minimum Gasteiger partial charge on any atom is -0.159 e. The molecule has 0 radical (unpaired) electrons. The number of nitrogens with zero attached hydrogens (tertiary/aromatic N) is 2. The molecule has 10 heavy (non-hydrogen) atoms. The Morgan fingerprint density at radius 3 is 2.50 bits per heavy atom. The standard InChI is InChI=1S/C8H8N2/c1-2-9-10-8-6-4-3-5-7-8/h2-7H,1H2/b10-9+. The van der Waals surface area contributed by atoms with Crippen LogP contribution in [-0.4, -0.2) is 0 Å². The molecule has 0 fully saturated rings. The summed E-state index contributed by atoms with van der Waals surface area (Å²) in [5.41, 5.74) is 0.849. The van der Waals surface area contributed by atoms with Crippen LogP contribution in [0.25, 0.3) is 0 Å². The highest BCUT2D eigenvalue weighted by atomic mass is 15.1. The first-order valence-corrected chi connectivity index (χ1v) is 3.00. The first kappa shape index (κ1) is 6.68. The fourth-order valence-electron chi connectivity index (χ4n) is 0.602. The van der Waals surface area contributed by atoms with E-state index in [1.807, 2.05) is 30.3 Å². The minimum absolute atomic E-state index is 0.849. The third-order valence-electron chi connectivity index (χ3n) is 1.01. The Kier molecular flexibility index (Phi) is 2.38. The maximum atomic E-state index is 3.83. The molecular formula is C8H8N2. The summed E-state index contributed by atoms with van der Waals surface area (Å²) in [5, 5.41) is 7.46. The van der Waals surface area contributed by atoms with Gasteiger partial charge in [0.2, 0.25) is 0 Å². The van der Waals surface area contributed by atoms with E-state index in [1.54, 1.807) is 0 Å². The summed E-state index contributed by atoms with van der Waals surface area (Å²) < 4.78 is 0. The van der Waals surface area contributed by atoms with Crippen LogP contribution in [0.4, 0.5) is 5.69 Å². The molecular weight excluding hydrogens is 124 g/mol. The third kappa shape index (κ3) is 1.82. The van der Waals surface area contributed by atoms with Crippen LogP contribution in [-0.2, 0) is 0 Å². The van der Waals surface area contributed by atoms with Gasteiger partial charge in [-0.25, -0.2) is 0 Å². The van der Waals surface area contributed by atoms with E-state index in [2.05, 4.69) is 16.8 Å². The van der Waals surface area contributed by atoms with Gasteiger partial charge in [-0.3, -0.25) is 0 Å².